The van der Waals surface area contributed by atoms with Gasteiger partial charge in [-0.25, -0.2) is 9.89 Å². The van der Waals surface area contributed by atoms with Crippen LogP contribution >= 0.6 is 11.8 Å². The van der Waals surface area contributed by atoms with Crippen molar-refractivity contribution >= 4 is 11.8 Å². The highest BCUT2D eigenvalue weighted by molar-refractivity contribution is 7.99. The van der Waals surface area contributed by atoms with Gasteiger partial charge in [-0.2, -0.15) is 0 Å². The molecule has 68 valence electrons. The Morgan fingerprint density at radius 2 is 2.50 bits per heavy atom. The average Bonchev–Trinajstić information content (AvgIpc) is 2.30. The van der Waals surface area contributed by atoms with Crippen molar-refractivity contribution in [3.63, 3.8) is 0 Å². The zero-order valence-electron chi connectivity index (χ0n) is 6.94. The van der Waals surface area contributed by atoms with Gasteiger partial charge >= 0.3 is 5.69 Å². The number of aromatic amines is 1. The number of nitrogens with zero attached hydrogens (tertiary/aromatic N) is 2. The Labute approximate surface area is 73.8 Å². The van der Waals surface area contributed by atoms with Crippen LogP contribution in [0.2, 0.25) is 0 Å². The minimum absolute atomic E-state index is 0.233. The first-order chi connectivity index (χ1) is 5.61. The largest absolute Gasteiger partial charge is 0.393 e. The van der Waals surface area contributed by atoms with Crippen molar-refractivity contribution < 1.29 is 5.11 Å². The summed E-state index contributed by atoms with van der Waals surface area (Å²) in [5, 5.41) is 15.6. The summed E-state index contributed by atoms with van der Waals surface area (Å²) in [7, 11) is 1.64. The van der Waals surface area contributed by atoms with Gasteiger partial charge in [-0.1, -0.05) is 11.8 Å². The van der Waals surface area contributed by atoms with E-state index in [0.29, 0.717) is 10.9 Å². The monoisotopic (exact) mass is 189 g/mol. The highest BCUT2D eigenvalue weighted by Gasteiger charge is 2.05. The summed E-state index contributed by atoms with van der Waals surface area (Å²) in [4.78, 5) is 10.9. The van der Waals surface area contributed by atoms with Gasteiger partial charge < -0.3 is 5.11 Å². The van der Waals surface area contributed by atoms with Gasteiger partial charge in [-0.15, -0.1) is 5.10 Å². The quantitative estimate of drug-likeness (QED) is 0.634. The fraction of sp³-hybridized carbons (Fsp3) is 0.667. The molecule has 12 heavy (non-hydrogen) atoms. The molecule has 0 spiro atoms. The van der Waals surface area contributed by atoms with E-state index in [-0.39, 0.29) is 11.8 Å². The first kappa shape index (κ1) is 9.34. The number of aliphatic hydroxyl groups is 1. The standard InChI is InChI=1S/C6H11N3O2S/c1-4(10)3-12-6-8-7-5(11)9(6)2/h4,10H,3H2,1-2H3,(H,7,11). The number of aromatic nitrogens is 3. The molecule has 0 amide bonds. The third-order valence-corrected chi connectivity index (χ3v) is 2.56. The predicted molar refractivity (Wildman–Crippen MR) is 46.2 cm³/mol. The molecule has 0 saturated heterocycles. The fourth-order valence-corrected chi connectivity index (χ4v) is 1.43. The van der Waals surface area contributed by atoms with Crippen molar-refractivity contribution in [3.8, 4) is 0 Å². The maximum atomic E-state index is 10.9. The smallest absolute Gasteiger partial charge is 0.343 e. The molecule has 1 heterocycles. The number of nitrogens with one attached hydrogen (secondary N) is 1. The lowest BCUT2D eigenvalue weighted by atomic mass is 10.5. The van der Waals surface area contributed by atoms with Gasteiger partial charge in [0, 0.05) is 12.8 Å². The van der Waals surface area contributed by atoms with Gasteiger partial charge in [0.25, 0.3) is 0 Å². The maximum absolute atomic E-state index is 10.9. The number of rotatable bonds is 3. The molecule has 5 nitrogen and oxygen atoms in total. The molecule has 0 aromatic carbocycles. The maximum Gasteiger partial charge on any atom is 0.343 e. The Kier molecular flexibility index (Phi) is 2.93. The Hall–Kier alpha value is -0.750. The van der Waals surface area contributed by atoms with Crippen LogP contribution in [0.5, 0.6) is 0 Å². The van der Waals surface area contributed by atoms with E-state index in [1.165, 1.54) is 16.3 Å². The van der Waals surface area contributed by atoms with E-state index in [1.54, 1.807) is 14.0 Å². The van der Waals surface area contributed by atoms with Crippen LogP contribution in [0.25, 0.3) is 0 Å². The molecule has 1 atom stereocenters. The molecule has 0 fully saturated rings. The molecule has 0 radical (unpaired) electrons. The van der Waals surface area contributed by atoms with E-state index in [2.05, 4.69) is 10.2 Å². The van der Waals surface area contributed by atoms with Crippen molar-refractivity contribution in [2.24, 2.45) is 7.05 Å². The molecule has 0 aliphatic rings. The second-order valence-corrected chi connectivity index (χ2v) is 3.52. The lowest BCUT2D eigenvalue weighted by Gasteiger charge is -2.01. The molecule has 1 aromatic heterocycles. The van der Waals surface area contributed by atoms with Gasteiger partial charge in [0.15, 0.2) is 5.16 Å². The topological polar surface area (TPSA) is 70.9 Å². The van der Waals surface area contributed by atoms with Crippen molar-refractivity contribution in [1.82, 2.24) is 14.8 Å². The normalized spacial score (nSPS) is 13.2. The van der Waals surface area contributed by atoms with Crippen molar-refractivity contribution in [2.75, 3.05) is 5.75 Å². The van der Waals surface area contributed by atoms with Crippen LogP contribution < -0.4 is 5.69 Å². The Balaban J connectivity index is 2.64. The summed E-state index contributed by atoms with van der Waals surface area (Å²) in [5.41, 5.74) is -0.233. The summed E-state index contributed by atoms with van der Waals surface area (Å²) in [5.74, 6) is 0.540. The number of hydrogen-bond acceptors (Lipinski definition) is 4. The minimum atomic E-state index is -0.387. The fourth-order valence-electron chi connectivity index (χ4n) is 0.657. The van der Waals surface area contributed by atoms with Gasteiger partial charge in [0.05, 0.1) is 6.10 Å². The molecule has 1 unspecified atom stereocenters. The van der Waals surface area contributed by atoms with Crippen molar-refractivity contribution in [1.29, 1.82) is 0 Å². The second-order valence-electron chi connectivity index (χ2n) is 2.53. The molecule has 0 aliphatic carbocycles. The lowest BCUT2D eigenvalue weighted by molar-refractivity contribution is 0.220. The summed E-state index contributed by atoms with van der Waals surface area (Å²) in [6.07, 6.45) is -0.387. The molecule has 0 aliphatic heterocycles. The molecule has 1 aromatic rings. The second kappa shape index (κ2) is 3.77. The van der Waals surface area contributed by atoms with Gasteiger partial charge in [0.2, 0.25) is 0 Å². The molecule has 0 saturated carbocycles. The third-order valence-electron chi connectivity index (χ3n) is 1.29. The molecule has 2 N–H and O–H groups in total. The van der Waals surface area contributed by atoms with E-state index < -0.39 is 0 Å². The van der Waals surface area contributed by atoms with E-state index in [4.69, 9.17) is 5.11 Å². The van der Waals surface area contributed by atoms with E-state index >= 15 is 0 Å². The molecular formula is C6H11N3O2S. The molecule has 0 bridgehead atoms. The van der Waals surface area contributed by atoms with E-state index in [0.717, 1.165) is 0 Å². The van der Waals surface area contributed by atoms with E-state index in [1.807, 2.05) is 0 Å². The minimum Gasteiger partial charge on any atom is -0.393 e. The average molecular weight is 189 g/mol. The summed E-state index contributed by atoms with van der Waals surface area (Å²) in [6.45, 7) is 1.69. The van der Waals surface area contributed by atoms with Crippen LogP contribution in [0.1, 0.15) is 6.92 Å². The number of thioether (sulfide) groups is 1. The first-order valence-electron chi connectivity index (χ1n) is 3.53. The summed E-state index contributed by atoms with van der Waals surface area (Å²) in [6, 6.07) is 0. The Morgan fingerprint density at radius 3 is 2.92 bits per heavy atom. The van der Waals surface area contributed by atoms with Crippen LogP contribution in [-0.2, 0) is 7.05 Å². The highest BCUT2D eigenvalue weighted by atomic mass is 32.2. The zero-order valence-corrected chi connectivity index (χ0v) is 7.76. The van der Waals surface area contributed by atoms with Gasteiger partial charge in [-0.3, -0.25) is 4.57 Å². The van der Waals surface area contributed by atoms with Crippen LogP contribution in [0.4, 0.5) is 0 Å². The van der Waals surface area contributed by atoms with Crippen LogP contribution in [-0.4, -0.2) is 31.7 Å². The Bertz CT molecular complexity index is 304. The van der Waals surface area contributed by atoms with Crippen LogP contribution in [0.15, 0.2) is 9.95 Å². The van der Waals surface area contributed by atoms with Crippen molar-refractivity contribution in [3.05, 3.63) is 10.5 Å². The third kappa shape index (κ3) is 2.12. The van der Waals surface area contributed by atoms with Gasteiger partial charge in [0.1, 0.15) is 0 Å². The zero-order chi connectivity index (χ0) is 9.14. The number of hydrogen-bond donors (Lipinski definition) is 2. The highest BCUT2D eigenvalue weighted by Crippen LogP contribution is 2.12. The van der Waals surface area contributed by atoms with Crippen LogP contribution in [0.3, 0.4) is 0 Å². The SMILES string of the molecule is CC(O)CSc1n[nH]c(=O)n1C. The van der Waals surface area contributed by atoms with Crippen molar-refractivity contribution in [2.45, 2.75) is 18.2 Å². The molecular weight excluding hydrogens is 178 g/mol. The first-order valence-corrected chi connectivity index (χ1v) is 4.52. The number of H-pyrrole nitrogens is 1. The summed E-state index contributed by atoms with van der Waals surface area (Å²) < 4.78 is 1.41. The summed E-state index contributed by atoms with van der Waals surface area (Å²) >= 11 is 1.35. The van der Waals surface area contributed by atoms with Crippen LogP contribution in [0, 0.1) is 0 Å². The number of aliphatic hydroxyl groups excluding tert-OH is 1. The molecule has 1 rings (SSSR count). The van der Waals surface area contributed by atoms with Gasteiger partial charge in [-0.05, 0) is 6.92 Å². The predicted octanol–water partition coefficient (Wildman–Crippen LogP) is -0.419. The lowest BCUT2D eigenvalue weighted by Crippen LogP contribution is -2.13. The van der Waals surface area contributed by atoms with E-state index in [9.17, 15) is 4.79 Å². The molecule has 6 heteroatoms. The Morgan fingerprint density at radius 1 is 1.83 bits per heavy atom.